The molecule has 2 aromatic heterocycles. The first kappa shape index (κ1) is 20.0. The van der Waals surface area contributed by atoms with Crippen LogP contribution >= 0.6 is 11.6 Å². The molecule has 0 aliphatic heterocycles. The van der Waals surface area contributed by atoms with E-state index in [0.29, 0.717) is 30.0 Å². The molecule has 0 saturated heterocycles. The molecule has 2 aromatic rings. The number of aromatic nitrogens is 1. The number of nitrogens with one attached hydrogen (secondary N) is 2. The molecule has 0 bridgehead atoms. The average molecular weight is 383 g/mol. The van der Waals surface area contributed by atoms with Crippen molar-refractivity contribution in [3.8, 4) is 0 Å². The molecule has 0 fully saturated rings. The van der Waals surface area contributed by atoms with Crippen LogP contribution in [0, 0.1) is 6.92 Å². The summed E-state index contributed by atoms with van der Waals surface area (Å²) >= 11 is 5.85. The maximum absolute atomic E-state index is 12.0. The van der Waals surface area contributed by atoms with Crippen LogP contribution in [0.1, 0.15) is 47.8 Å². The van der Waals surface area contributed by atoms with Gasteiger partial charge in [-0.15, -0.1) is 0 Å². The first-order valence-corrected chi connectivity index (χ1v) is 8.83. The number of hydrogen-bond acceptors (Lipinski definition) is 6. The molecule has 0 radical (unpaired) electrons. The second-order valence-corrected chi connectivity index (χ2v) is 6.09. The van der Waals surface area contributed by atoms with Gasteiger partial charge in [0.2, 0.25) is 11.1 Å². The Morgan fingerprint density at radius 3 is 2.58 bits per heavy atom. The van der Waals surface area contributed by atoms with Gasteiger partial charge in [0.15, 0.2) is 5.76 Å². The first-order valence-electron chi connectivity index (χ1n) is 8.45. The molecule has 0 aromatic carbocycles. The molecule has 2 rings (SSSR count). The number of amides is 2. The maximum atomic E-state index is 12.0. The Morgan fingerprint density at radius 1 is 1.23 bits per heavy atom. The largest absolute Gasteiger partial charge is 0.454 e. The standard InChI is InChI=1S/C17H23ClN4O4/c1-4-22(5-2)10-12-6-8-14(25-12)17(24)20-19-15(23)9-7-13-11(3)21-26-16(13)18/h6,8H,4-5,7,9-10H2,1-3H3,(H,19,23)(H,20,24). The van der Waals surface area contributed by atoms with Gasteiger partial charge in [0.1, 0.15) is 5.76 Å². The average Bonchev–Trinajstić information content (AvgIpc) is 3.23. The Morgan fingerprint density at radius 2 is 1.96 bits per heavy atom. The molecule has 26 heavy (non-hydrogen) atoms. The number of furan rings is 1. The van der Waals surface area contributed by atoms with Crippen LogP contribution in [0.4, 0.5) is 0 Å². The van der Waals surface area contributed by atoms with Crippen molar-refractivity contribution in [3.63, 3.8) is 0 Å². The lowest BCUT2D eigenvalue weighted by Gasteiger charge is -2.15. The highest BCUT2D eigenvalue weighted by molar-refractivity contribution is 6.29. The van der Waals surface area contributed by atoms with Gasteiger partial charge in [-0.05, 0) is 50.2 Å². The van der Waals surface area contributed by atoms with E-state index in [4.69, 9.17) is 20.5 Å². The van der Waals surface area contributed by atoms with Crippen molar-refractivity contribution < 1.29 is 18.5 Å². The predicted octanol–water partition coefficient (Wildman–Crippen LogP) is 2.47. The summed E-state index contributed by atoms with van der Waals surface area (Å²) in [5.74, 6) is -0.0265. The molecule has 0 atom stereocenters. The van der Waals surface area contributed by atoms with Gasteiger partial charge in [-0.2, -0.15) is 0 Å². The van der Waals surface area contributed by atoms with Crippen LogP contribution in [0.3, 0.4) is 0 Å². The summed E-state index contributed by atoms with van der Waals surface area (Å²) in [4.78, 5) is 26.1. The van der Waals surface area contributed by atoms with Gasteiger partial charge < -0.3 is 8.94 Å². The van der Waals surface area contributed by atoms with E-state index in [2.05, 4.69) is 34.8 Å². The van der Waals surface area contributed by atoms with Crippen molar-refractivity contribution in [2.75, 3.05) is 13.1 Å². The summed E-state index contributed by atoms with van der Waals surface area (Å²) in [6.45, 7) is 8.28. The van der Waals surface area contributed by atoms with Gasteiger partial charge in [0, 0.05) is 12.0 Å². The maximum Gasteiger partial charge on any atom is 0.305 e. The molecule has 0 aliphatic rings. The third-order valence-electron chi connectivity index (χ3n) is 4.01. The Balaban J connectivity index is 1.79. The number of nitrogens with zero attached hydrogens (tertiary/aromatic N) is 2. The summed E-state index contributed by atoms with van der Waals surface area (Å²) in [5.41, 5.74) is 6.01. The summed E-state index contributed by atoms with van der Waals surface area (Å²) in [6.07, 6.45) is 0.498. The number of aryl methyl sites for hydroxylation is 1. The number of rotatable bonds is 8. The second kappa shape index (κ2) is 9.40. The molecular weight excluding hydrogens is 360 g/mol. The van der Waals surface area contributed by atoms with E-state index in [1.165, 1.54) is 0 Å². The zero-order valence-corrected chi connectivity index (χ0v) is 15.9. The van der Waals surface area contributed by atoms with Crippen LogP contribution in [0.15, 0.2) is 21.1 Å². The van der Waals surface area contributed by atoms with Crippen molar-refractivity contribution in [3.05, 3.63) is 40.1 Å². The van der Waals surface area contributed by atoms with E-state index in [-0.39, 0.29) is 23.3 Å². The van der Waals surface area contributed by atoms with Gasteiger partial charge in [-0.1, -0.05) is 19.0 Å². The number of halogens is 1. The molecule has 2 N–H and O–H groups in total. The fraction of sp³-hybridized carbons (Fsp3) is 0.471. The molecular formula is C17H23ClN4O4. The predicted molar refractivity (Wildman–Crippen MR) is 95.5 cm³/mol. The van der Waals surface area contributed by atoms with Crippen LogP contribution in [0.25, 0.3) is 0 Å². The van der Waals surface area contributed by atoms with Crippen LogP contribution in [0.5, 0.6) is 0 Å². The van der Waals surface area contributed by atoms with Gasteiger partial charge in [0.05, 0.1) is 12.2 Å². The number of hydrogen-bond donors (Lipinski definition) is 2. The van der Waals surface area contributed by atoms with E-state index in [1.807, 2.05) is 0 Å². The normalized spacial score (nSPS) is 11.0. The fourth-order valence-corrected chi connectivity index (χ4v) is 2.65. The summed E-state index contributed by atoms with van der Waals surface area (Å²) in [5, 5.41) is 3.90. The van der Waals surface area contributed by atoms with Crippen molar-refractivity contribution in [1.82, 2.24) is 20.9 Å². The molecule has 0 unspecified atom stereocenters. The number of hydrazine groups is 1. The lowest BCUT2D eigenvalue weighted by Crippen LogP contribution is -2.41. The highest BCUT2D eigenvalue weighted by atomic mass is 35.5. The lowest BCUT2D eigenvalue weighted by atomic mass is 10.1. The van der Waals surface area contributed by atoms with Gasteiger partial charge in [-0.25, -0.2) is 0 Å². The third-order valence-corrected chi connectivity index (χ3v) is 4.31. The summed E-state index contributed by atoms with van der Waals surface area (Å²) < 4.78 is 10.3. The molecule has 0 saturated carbocycles. The van der Waals surface area contributed by atoms with Gasteiger partial charge >= 0.3 is 5.91 Å². The molecule has 142 valence electrons. The molecule has 2 heterocycles. The topological polar surface area (TPSA) is 101 Å². The highest BCUT2D eigenvalue weighted by Gasteiger charge is 2.15. The lowest BCUT2D eigenvalue weighted by molar-refractivity contribution is -0.121. The quantitative estimate of drug-likeness (QED) is 0.680. The van der Waals surface area contributed by atoms with E-state index >= 15 is 0 Å². The minimum atomic E-state index is -0.511. The minimum Gasteiger partial charge on any atom is -0.454 e. The Hall–Kier alpha value is -2.32. The summed E-state index contributed by atoms with van der Waals surface area (Å²) in [6, 6.07) is 3.34. The molecule has 9 heteroatoms. The zero-order valence-electron chi connectivity index (χ0n) is 15.1. The van der Waals surface area contributed by atoms with Crippen LogP contribution in [-0.2, 0) is 17.8 Å². The van der Waals surface area contributed by atoms with Gasteiger partial charge in [-0.3, -0.25) is 25.3 Å². The number of carbonyl (C=O) groups is 2. The SMILES string of the molecule is CCN(CC)Cc1ccc(C(=O)NNC(=O)CCc2c(C)noc2Cl)o1. The van der Waals surface area contributed by atoms with Crippen molar-refractivity contribution >= 4 is 23.4 Å². The van der Waals surface area contributed by atoms with E-state index in [0.717, 1.165) is 13.1 Å². The Labute approximate surface area is 156 Å². The third kappa shape index (κ3) is 5.34. The van der Waals surface area contributed by atoms with E-state index < -0.39 is 5.91 Å². The highest BCUT2D eigenvalue weighted by Crippen LogP contribution is 2.20. The van der Waals surface area contributed by atoms with Crippen molar-refractivity contribution in [2.24, 2.45) is 0 Å². The molecule has 2 amide bonds. The van der Waals surface area contributed by atoms with Crippen LogP contribution < -0.4 is 10.9 Å². The Kier molecular flexibility index (Phi) is 7.23. The van der Waals surface area contributed by atoms with Crippen molar-refractivity contribution in [2.45, 2.75) is 40.2 Å². The van der Waals surface area contributed by atoms with Crippen LogP contribution in [0.2, 0.25) is 5.22 Å². The van der Waals surface area contributed by atoms with Crippen LogP contribution in [-0.4, -0.2) is 35.0 Å². The molecule has 0 spiro atoms. The van der Waals surface area contributed by atoms with Crippen molar-refractivity contribution in [1.29, 1.82) is 0 Å². The van der Waals surface area contributed by atoms with E-state index in [1.54, 1.807) is 19.1 Å². The second-order valence-electron chi connectivity index (χ2n) is 5.75. The zero-order chi connectivity index (χ0) is 19.1. The smallest absolute Gasteiger partial charge is 0.305 e. The Bertz CT molecular complexity index is 732. The molecule has 8 nitrogen and oxygen atoms in total. The first-order chi connectivity index (χ1) is 12.4. The minimum absolute atomic E-state index is 0.132. The van der Waals surface area contributed by atoms with E-state index in [9.17, 15) is 9.59 Å². The van der Waals surface area contributed by atoms with Gasteiger partial charge in [0.25, 0.3) is 0 Å². The monoisotopic (exact) mass is 382 g/mol. The number of carbonyl (C=O) groups excluding carboxylic acids is 2. The fourth-order valence-electron chi connectivity index (χ4n) is 2.38. The molecule has 0 aliphatic carbocycles. The summed E-state index contributed by atoms with van der Waals surface area (Å²) in [7, 11) is 0.